The Labute approximate surface area is 122 Å². The van der Waals surface area contributed by atoms with E-state index in [1.165, 1.54) is 22.5 Å². The summed E-state index contributed by atoms with van der Waals surface area (Å²) in [7, 11) is 1.86. The molecule has 0 saturated heterocycles. The Balaban J connectivity index is 1.74. The van der Waals surface area contributed by atoms with Gasteiger partial charge in [-0.3, -0.25) is 4.79 Å². The van der Waals surface area contributed by atoms with Crippen molar-refractivity contribution in [3.63, 3.8) is 0 Å². The first kappa shape index (κ1) is 13.3. The number of carbonyl (C=O) groups excluding carboxylic acids is 1. The Morgan fingerprint density at radius 1 is 1.40 bits per heavy atom. The highest BCUT2D eigenvalue weighted by Gasteiger charge is 2.28. The topological polar surface area (TPSA) is 59.2 Å². The van der Waals surface area contributed by atoms with Crippen LogP contribution in [0.4, 0.5) is 0 Å². The number of thiazole rings is 1. The van der Waals surface area contributed by atoms with E-state index in [1.54, 1.807) is 5.38 Å². The predicted octanol–water partition coefficient (Wildman–Crippen LogP) is 1.84. The van der Waals surface area contributed by atoms with Gasteiger partial charge < -0.3 is 10.6 Å². The molecule has 104 valence electrons. The Morgan fingerprint density at radius 2 is 2.05 bits per heavy atom. The molecule has 4 nitrogen and oxygen atoms in total. The smallest absolute Gasteiger partial charge is 0.273 e. The second kappa shape index (κ2) is 5.34. The van der Waals surface area contributed by atoms with Gasteiger partial charge in [-0.25, -0.2) is 4.98 Å². The molecule has 3 rings (SSSR count). The normalized spacial score (nSPS) is 14.3. The molecule has 0 atom stereocenters. The summed E-state index contributed by atoms with van der Waals surface area (Å²) in [5.74, 6) is -0.0150. The third-order valence-corrected chi connectivity index (χ3v) is 4.71. The fraction of sp³-hybridized carbons (Fsp3) is 0.333. The molecule has 2 N–H and O–H groups in total. The molecule has 0 saturated carbocycles. The Hall–Kier alpha value is -1.72. The molecule has 0 fully saturated rings. The first-order chi connectivity index (χ1) is 9.69. The van der Waals surface area contributed by atoms with Gasteiger partial charge >= 0.3 is 0 Å². The zero-order chi connectivity index (χ0) is 14.1. The molecular formula is C15H17N3OS. The summed E-state index contributed by atoms with van der Waals surface area (Å²) < 4.78 is 0. The van der Waals surface area contributed by atoms with Crippen LogP contribution in [0, 0.1) is 0 Å². The molecule has 0 unspecified atom stereocenters. The van der Waals surface area contributed by atoms with Crippen LogP contribution in [-0.4, -0.2) is 28.9 Å². The van der Waals surface area contributed by atoms with Gasteiger partial charge in [0.1, 0.15) is 10.7 Å². The van der Waals surface area contributed by atoms with Crippen molar-refractivity contribution >= 4 is 17.2 Å². The maximum atomic E-state index is 12.4. The quantitative estimate of drug-likeness (QED) is 0.937. The third-order valence-electron chi connectivity index (χ3n) is 3.84. The van der Waals surface area contributed by atoms with E-state index in [0.717, 1.165) is 17.8 Å². The summed E-state index contributed by atoms with van der Waals surface area (Å²) in [5, 5.41) is 2.60. The second-order valence-electron chi connectivity index (χ2n) is 5.08. The Bertz CT molecular complexity index is 613. The lowest BCUT2D eigenvalue weighted by Gasteiger charge is -2.23. The molecule has 5 heteroatoms. The average Bonchev–Trinajstić information content (AvgIpc) is 3.11. The van der Waals surface area contributed by atoms with Gasteiger partial charge in [-0.15, -0.1) is 11.3 Å². The van der Waals surface area contributed by atoms with Gasteiger partial charge in [0, 0.05) is 25.0 Å². The number of rotatable bonds is 3. The maximum absolute atomic E-state index is 12.4. The minimum atomic E-state index is -0.0150. The van der Waals surface area contributed by atoms with Crippen LogP contribution in [0.5, 0.6) is 0 Å². The molecule has 2 aromatic rings. The molecule has 1 heterocycles. The summed E-state index contributed by atoms with van der Waals surface area (Å²) in [5.41, 5.74) is 8.74. The lowest BCUT2D eigenvalue weighted by molar-refractivity contribution is 0.0732. The summed E-state index contributed by atoms with van der Waals surface area (Å²) in [6, 6.07) is 8.61. The number of fused-ring (bicyclic) bond motifs is 1. The standard InChI is InChI=1S/C15H17N3OS/c1-18(15(19)13-9-20-14(8-16)17-13)12-6-10-4-2-3-5-11(10)7-12/h2-5,9,12H,6-8,16H2,1H3. The maximum Gasteiger partial charge on any atom is 0.273 e. The fourth-order valence-corrected chi connectivity index (χ4v) is 3.31. The van der Waals surface area contributed by atoms with Crippen molar-refractivity contribution in [2.75, 3.05) is 7.05 Å². The van der Waals surface area contributed by atoms with E-state index >= 15 is 0 Å². The van der Waals surface area contributed by atoms with Gasteiger partial charge in [0.25, 0.3) is 5.91 Å². The van der Waals surface area contributed by atoms with Crippen LogP contribution in [0.25, 0.3) is 0 Å². The molecule has 1 aliphatic carbocycles. The van der Waals surface area contributed by atoms with Crippen LogP contribution in [0.1, 0.15) is 26.6 Å². The zero-order valence-electron chi connectivity index (χ0n) is 11.4. The first-order valence-corrected chi connectivity index (χ1v) is 7.55. The largest absolute Gasteiger partial charge is 0.337 e. The monoisotopic (exact) mass is 287 g/mol. The summed E-state index contributed by atoms with van der Waals surface area (Å²) in [6.07, 6.45) is 1.85. The molecule has 1 aromatic heterocycles. The third kappa shape index (κ3) is 2.34. The molecule has 0 spiro atoms. The Kier molecular flexibility index (Phi) is 3.54. The van der Waals surface area contributed by atoms with Gasteiger partial charge in [0.2, 0.25) is 0 Å². The number of hydrogen-bond acceptors (Lipinski definition) is 4. The van der Waals surface area contributed by atoms with Crippen molar-refractivity contribution in [3.8, 4) is 0 Å². The van der Waals surface area contributed by atoms with E-state index < -0.39 is 0 Å². The van der Waals surface area contributed by atoms with Gasteiger partial charge in [-0.2, -0.15) is 0 Å². The number of likely N-dealkylation sites (N-methyl/N-ethyl adjacent to an activating group) is 1. The zero-order valence-corrected chi connectivity index (χ0v) is 12.2. The van der Waals surface area contributed by atoms with Crippen LogP contribution in [0.2, 0.25) is 0 Å². The highest BCUT2D eigenvalue weighted by molar-refractivity contribution is 7.09. The number of benzene rings is 1. The fourth-order valence-electron chi connectivity index (χ4n) is 2.66. The lowest BCUT2D eigenvalue weighted by atomic mass is 10.1. The number of carbonyl (C=O) groups is 1. The molecule has 1 aromatic carbocycles. The highest BCUT2D eigenvalue weighted by atomic mass is 32.1. The van der Waals surface area contributed by atoms with Crippen LogP contribution < -0.4 is 5.73 Å². The summed E-state index contributed by atoms with van der Waals surface area (Å²) in [4.78, 5) is 18.5. The number of hydrogen-bond donors (Lipinski definition) is 1. The van der Waals surface area contributed by atoms with Gasteiger partial charge in [-0.1, -0.05) is 24.3 Å². The number of aromatic nitrogens is 1. The van der Waals surface area contributed by atoms with Crippen LogP contribution in [0.15, 0.2) is 29.6 Å². The lowest BCUT2D eigenvalue weighted by Crippen LogP contribution is -2.37. The van der Waals surface area contributed by atoms with Crippen molar-refractivity contribution in [1.29, 1.82) is 0 Å². The van der Waals surface area contributed by atoms with E-state index in [0.29, 0.717) is 12.2 Å². The van der Waals surface area contributed by atoms with E-state index in [9.17, 15) is 4.79 Å². The summed E-state index contributed by atoms with van der Waals surface area (Å²) in [6.45, 7) is 0.385. The molecule has 1 amide bonds. The van der Waals surface area contributed by atoms with Gasteiger partial charge in [0.05, 0.1) is 0 Å². The van der Waals surface area contributed by atoms with E-state index in [2.05, 4.69) is 29.2 Å². The molecule has 0 bridgehead atoms. The second-order valence-corrected chi connectivity index (χ2v) is 6.02. The molecule has 0 radical (unpaired) electrons. The van der Waals surface area contributed by atoms with Crippen LogP contribution in [0.3, 0.4) is 0 Å². The van der Waals surface area contributed by atoms with Crippen molar-refractivity contribution in [2.24, 2.45) is 5.73 Å². The van der Waals surface area contributed by atoms with E-state index in [4.69, 9.17) is 5.73 Å². The predicted molar refractivity (Wildman–Crippen MR) is 79.7 cm³/mol. The van der Waals surface area contributed by atoms with Crippen LogP contribution in [-0.2, 0) is 19.4 Å². The molecule has 0 aliphatic heterocycles. The minimum Gasteiger partial charge on any atom is -0.337 e. The minimum absolute atomic E-state index is 0.0150. The van der Waals surface area contributed by atoms with Crippen molar-refractivity contribution in [3.05, 3.63) is 51.5 Å². The van der Waals surface area contributed by atoms with Crippen molar-refractivity contribution in [2.45, 2.75) is 25.4 Å². The van der Waals surface area contributed by atoms with Crippen molar-refractivity contribution < 1.29 is 4.79 Å². The van der Waals surface area contributed by atoms with E-state index in [-0.39, 0.29) is 11.9 Å². The Morgan fingerprint density at radius 3 is 2.60 bits per heavy atom. The average molecular weight is 287 g/mol. The first-order valence-electron chi connectivity index (χ1n) is 6.67. The van der Waals surface area contributed by atoms with Crippen LogP contribution >= 0.6 is 11.3 Å². The molecule has 1 aliphatic rings. The highest BCUT2D eigenvalue weighted by Crippen LogP contribution is 2.25. The number of nitrogens with two attached hydrogens (primary N) is 1. The molecular weight excluding hydrogens is 270 g/mol. The van der Waals surface area contributed by atoms with Gasteiger partial charge in [0.15, 0.2) is 0 Å². The molecule has 20 heavy (non-hydrogen) atoms. The van der Waals surface area contributed by atoms with E-state index in [1.807, 2.05) is 11.9 Å². The van der Waals surface area contributed by atoms with Gasteiger partial charge in [-0.05, 0) is 24.0 Å². The number of amides is 1. The number of nitrogens with zero attached hydrogens (tertiary/aromatic N) is 2. The van der Waals surface area contributed by atoms with Crippen molar-refractivity contribution in [1.82, 2.24) is 9.88 Å². The summed E-state index contributed by atoms with van der Waals surface area (Å²) >= 11 is 1.44. The SMILES string of the molecule is CN(C(=O)c1csc(CN)n1)C1Cc2ccccc2C1.